The molecule has 0 aliphatic carbocycles. The number of benzene rings is 1. The van der Waals surface area contributed by atoms with Crippen molar-refractivity contribution >= 4 is 21.5 Å². The van der Waals surface area contributed by atoms with E-state index < -0.39 is 22.0 Å². The summed E-state index contributed by atoms with van der Waals surface area (Å²) in [7, 11) is -3.01. The number of unbranched alkanes of at least 4 members (excludes halogenated alkanes) is 1. The molecule has 1 amide bonds. The lowest BCUT2D eigenvalue weighted by Crippen LogP contribution is -2.48. The van der Waals surface area contributed by atoms with Crippen molar-refractivity contribution in [2.45, 2.75) is 44.2 Å². The lowest BCUT2D eigenvalue weighted by molar-refractivity contribution is -0.132. The van der Waals surface area contributed by atoms with Crippen LogP contribution in [0.4, 0.5) is 0 Å². The molecule has 1 fully saturated rings. The minimum Gasteiger partial charge on any atom is -0.389 e. The van der Waals surface area contributed by atoms with Crippen LogP contribution in [-0.4, -0.2) is 60.7 Å². The molecule has 1 saturated heterocycles. The summed E-state index contributed by atoms with van der Waals surface area (Å²) >= 11 is 0. The highest BCUT2D eigenvalue weighted by Crippen LogP contribution is 2.18. The molecule has 148 valence electrons. The Kier molecular flexibility index (Phi) is 7.74. The van der Waals surface area contributed by atoms with E-state index in [2.05, 4.69) is 0 Å². The van der Waals surface area contributed by atoms with Gasteiger partial charge in [0.2, 0.25) is 5.91 Å². The molecule has 2 rings (SSSR count). The van der Waals surface area contributed by atoms with Gasteiger partial charge in [-0.15, -0.1) is 0 Å². The van der Waals surface area contributed by atoms with E-state index in [4.69, 9.17) is 5.41 Å². The standard InChI is InChI=1S/C20H28N2O4S/c1-27(25,26)14-6-5-13-22-19(18(21)10-12-20(22)24)11-9-17(23)15-16-7-3-2-4-8-16/h2-4,7-9,11,17,19,21,23H,5-6,10,12-15H2,1H3/b11-9+,21-18?/t17?,19-/m0/s1. The molecule has 1 unspecified atom stereocenters. The van der Waals surface area contributed by atoms with Crippen molar-refractivity contribution in [2.24, 2.45) is 0 Å². The summed E-state index contributed by atoms with van der Waals surface area (Å²) in [5.41, 5.74) is 1.46. The largest absolute Gasteiger partial charge is 0.389 e. The number of likely N-dealkylation sites (tertiary alicyclic amines) is 1. The minimum atomic E-state index is -3.01. The first-order chi connectivity index (χ1) is 12.8. The van der Waals surface area contributed by atoms with E-state index in [1.165, 1.54) is 6.26 Å². The Bertz CT molecular complexity index is 774. The van der Waals surface area contributed by atoms with Gasteiger partial charge in [-0.2, -0.15) is 0 Å². The van der Waals surface area contributed by atoms with Crippen LogP contribution in [0.15, 0.2) is 42.5 Å². The van der Waals surface area contributed by atoms with Gasteiger partial charge in [0.05, 0.1) is 12.1 Å². The molecular weight excluding hydrogens is 364 g/mol. The average molecular weight is 393 g/mol. The molecule has 1 aliphatic heterocycles. The first-order valence-electron chi connectivity index (χ1n) is 9.21. The van der Waals surface area contributed by atoms with Crippen molar-refractivity contribution in [3.63, 3.8) is 0 Å². The maximum absolute atomic E-state index is 12.3. The SMILES string of the molecule is CS(=O)(=O)CCCCN1C(=O)CCC(=N)[C@@H]1/C=C/C(O)Cc1ccccc1. The molecule has 1 aliphatic rings. The molecule has 1 heterocycles. The fourth-order valence-corrected chi connectivity index (χ4v) is 3.89. The number of carbonyl (C=O) groups excluding carboxylic acids is 1. The number of aliphatic hydroxyl groups is 1. The minimum absolute atomic E-state index is 0.0300. The van der Waals surface area contributed by atoms with Crippen LogP contribution in [0.2, 0.25) is 0 Å². The Morgan fingerprint density at radius 3 is 2.63 bits per heavy atom. The van der Waals surface area contributed by atoms with Gasteiger partial charge >= 0.3 is 0 Å². The first-order valence-corrected chi connectivity index (χ1v) is 11.3. The predicted octanol–water partition coefficient (Wildman–Crippen LogP) is 1.98. The normalized spacial score (nSPS) is 19.6. The molecule has 0 radical (unpaired) electrons. The zero-order valence-corrected chi connectivity index (χ0v) is 16.5. The number of hydrogen-bond donors (Lipinski definition) is 2. The summed E-state index contributed by atoms with van der Waals surface area (Å²) in [6, 6.07) is 9.17. The monoisotopic (exact) mass is 392 g/mol. The Balaban J connectivity index is 1.97. The van der Waals surface area contributed by atoms with Crippen molar-refractivity contribution < 1.29 is 18.3 Å². The van der Waals surface area contributed by atoms with Crippen molar-refractivity contribution in [3.8, 4) is 0 Å². The van der Waals surface area contributed by atoms with Gasteiger partial charge in [0.25, 0.3) is 0 Å². The molecule has 1 aromatic carbocycles. The predicted molar refractivity (Wildman–Crippen MR) is 107 cm³/mol. The second kappa shape index (κ2) is 9.80. The van der Waals surface area contributed by atoms with Gasteiger partial charge in [0.15, 0.2) is 0 Å². The Morgan fingerprint density at radius 1 is 1.26 bits per heavy atom. The van der Waals surface area contributed by atoms with Crippen molar-refractivity contribution in [1.29, 1.82) is 5.41 Å². The molecule has 0 saturated carbocycles. The summed E-state index contributed by atoms with van der Waals surface area (Å²) in [5, 5.41) is 18.4. The number of hydrogen-bond acceptors (Lipinski definition) is 5. The quantitative estimate of drug-likeness (QED) is 0.496. The van der Waals surface area contributed by atoms with Crippen LogP contribution in [0.1, 0.15) is 31.2 Å². The number of amides is 1. The van der Waals surface area contributed by atoms with E-state index in [1.54, 1.807) is 17.1 Å². The van der Waals surface area contributed by atoms with Crippen LogP contribution >= 0.6 is 0 Å². The fraction of sp³-hybridized carbons (Fsp3) is 0.500. The van der Waals surface area contributed by atoms with Crippen LogP contribution in [-0.2, 0) is 21.1 Å². The van der Waals surface area contributed by atoms with Gasteiger partial charge in [-0.25, -0.2) is 8.42 Å². The number of nitrogens with zero attached hydrogens (tertiary/aromatic N) is 1. The molecule has 6 nitrogen and oxygen atoms in total. The summed E-state index contributed by atoms with van der Waals surface area (Å²) < 4.78 is 22.5. The summed E-state index contributed by atoms with van der Waals surface area (Å²) in [4.78, 5) is 13.9. The van der Waals surface area contributed by atoms with Crippen LogP contribution in [0.5, 0.6) is 0 Å². The molecule has 0 spiro atoms. The van der Waals surface area contributed by atoms with Gasteiger partial charge in [-0.1, -0.05) is 42.5 Å². The molecular formula is C20H28N2O4S. The first kappa shape index (κ1) is 21.3. The maximum atomic E-state index is 12.3. The summed E-state index contributed by atoms with van der Waals surface area (Å²) in [5.74, 6) is 0.0699. The molecule has 7 heteroatoms. The highest BCUT2D eigenvalue weighted by Gasteiger charge is 2.29. The van der Waals surface area contributed by atoms with Crippen LogP contribution in [0.3, 0.4) is 0 Å². The molecule has 0 bridgehead atoms. The Labute approximate surface area is 161 Å². The van der Waals surface area contributed by atoms with E-state index in [0.29, 0.717) is 44.4 Å². The Hall–Kier alpha value is -1.99. The zero-order valence-electron chi connectivity index (χ0n) is 15.7. The number of sulfone groups is 1. The number of carbonyl (C=O) groups is 1. The van der Waals surface area contributed by atoms with E-state index >= 15 is 0 Å². The highest BCUT2D eigenvalue weighted by molar-refractivity contribution is 7.90. The maximum Gasteiger partial charge on any atom is 0.223 e. The molecule has 1 aromatic rings. The molecule has 0 aromatic heterocycles. The van der Waals surface area contributed by atoms with Gasteiger partial charge < -0.3 is 15.4 Å². The molecule has 2 atom stereocenters. The van der Waals surface area contributed by atoms with Crippen LogP contribution in [0, 0.1) is 5.41 Å². The fourth-order valence-electron chi connectivity index (χ4n) is 3.16. The molecule has 2 N–H and O–H groups in total. The smallest absolute Gasteiger partial charge is 0.223 e. The summed E-state index contributed by atoms with van der Waals surface area (Å²) in [6.07, 6.45) is 6.15. The van der Waals surface area contributed by atoms with Gasteiger partial charge in [0.1, 0.15) is 9.84 Å². The van der Waals surface area contributed by atoms with Crippen LogP contribution < -0.4 is 0 Å². The van der Waals surface area contributed by atoms with E-state index in [0.717, 1.165) is 5.56 Å². The number of aliphatic hydroxyl groups excluding tert-OH is 1. The second-order valence-electron chi connectivity index (χ2n) is 7.04. The van der Waals surface area contributed by atoms with E-state index in [-0.39, 0.29) is 11.7 Å². The highest BCUT2D eigenvalue weighted by atomic mass is 32.2. The lowest BCUT2D eigenvalue weighted by atomic mass is 9.97. The molecule has 27 heavy (non-hydrogen) atoms. The van der Waals surface area contributed by atoms with E-state index in [1.807, 2.05) is 30.3 Å². The van der Waals surface area contributed by atoms with Crippen molar-refractivity contribution in [2.75, 3.05) is 18.6 Å². The third-order valence-corrected chi connectivity index (χ3v) is 5.62. The number of nitrogens with one attached hydrogen (secondary N) is 1. The number of rotatable bonds is 9. The number of piperidine rings is 1. The average Bonchev–Trinajstić information content (AvgIpc) is 2.60. The van der Waals surface area contributed by atoms with Crippen molar-refractivity contribution in [1.82, 2.24) is 4.90 Å². The topological polar surface area (TPSA) is 98.5 Å². The Morgan fingerprint density at radius 2 is 1.96 bits per heavy atom. The van der Waals surface area contributed by atoms with Crippen molar-refractivity contribution in [3.05, 3.63) is 48.0 Å². The third kappa shape index (κ3) is 7.27. The van der Waals surface area contributed by atoms with Crippen LogP contribution in [0.25, 0.3) is 0 Å². The van der Waals surface area contributed by atoms with Gasteiger partial charge in [-0.3, -0.25) is 4.79 Å². The lowest BCUT2D eigenvalue weighted by Gasteiger charge is -2.34. The van der Waals surface area contributed by atoms with Gasteiger partial charge in [0, 0.05) is 37.1 Å². The summed E-state index contributed by atoms with van der Waals surface area (Å²) in [6.45, 7) is 0.417. The zero-order chi connectivity index (χ0) is 19.9. The second-order valence-corrected chi connectivity index (χ2v) is 9.30. The van der Waals surface area contributed by atoms with Gasteiger partial charge in [-0.05, 0) is 24.8 Å². The third-order valence-electron chi connectivity index (χ3n) is 4.59. The van der Waals surface area contributed by atoms with E-state index in [9.17, 15) is 18.3 Å².